The number of nitrogen functional groups attached to an aromatic ring is 1. The number of anilines is 1. The molecule has 4 N–H and O–H groups in total. The van der Waals surface area contributed by atoms with Gasteiger partial charge in [0.25, 0.3) is 0 Å². The van der Waals surface area contributed by atoms with Crippen molar-refractivity contribution in [2.45, 2.75) is 24.5 Å². The zero-order valence-electron chi connectivity index (χ0n) is 10.0. The highest BCUT2D eigenvalue weighted by Gasteiger charge is 2.44. The Bertz CT molecular complexity index is 676. The number of carbonyl (C=O) groups is 1. The molecule has 0 aromatic carbocycles. The maximum absolute atomic E-state index is 10.8. The molecular formula is C11H11BrN4O4. The van der Waals surface area contributed by atoms with E-state index in [0.717, 1.165) is 0 Å². The minimum atomic E-state index is -1.28. The van der Waals surface area contributed by atoms with E-state index in [9.17, 15) is 15.0 Å². The third-order valence-electron chi connectivity index (χ3n) is 3.28. The molecule has 8 nitrogen and oxygen atoms in total. The van der Waals surface area contributed by atoms with Crippen molar-refractivity contribution >= 4 is 39.1 Å². The number of aldehydes is 1. The first-order valence-electron chi connectivity index (χ1n) is 5.78. The first-order valence-corrected chi connectivity index (χ1v) is 6.57. The van der Waals surface area contributed by atoms with Gasteiger partial charge < -0.3 is 30.0 Å². The average molecular weight is 343 g/mol. The lowest BCUT2D eigenvalue weighted by molar-refractivity contribution is -0.122. The van der Waals surface area contributed by atoms with Crippen LogP contribution in [0.25, 0.3) is 11.0 Å². The molecule has 106 valence electrons. The molecule has 1 fully saturated rings. The van der Waals surface area contributed by atoms with Gasteiger partial charge in [-0.1, -0.05) is 0 Å². The number of hydrogen-bond acceptors (Lipinski definition) is 7. The van der Waals surface area contributed by atoms with Crippen LogP contribution in [0.5, 0.6) is 0 Å². The van der Waals surface area contributed by atoms with Crippen LogP contribution in [-0.4, -0.2) is 49.3 Å². The van der Waals surface area contributed by atoms with Gasteiger partial charge in [-0.3, -0.25) is 0 Å². The van der Waals surface area contributed by atoms with Crippen LogP contribution in [0.3, 0.4) is 0 Å². The summed E-state index contributed by atoms with van der Waals surface area (Å²) >= 11 is 3.33. The highest BCUT2D eigenvalue weighted by molar-refractivity contribution is 9.10. The SMILES string of the molecule is Nc1ncnc2c1c(Br)cn2C1OC(C=O)C(O)C1O. The van der Waals surface area contributed by atoms with E-state index in [-0.39, 0.29) is 5.82 Å². The van der Waals surface area contributed by atoms with Crippen molar-refractivity contribution in [3.05, 3.63) is 17.0 Å². The van der Waals surface area contributed by atoms with Gasteiger partial charge in [0.2, 0.25) is 0 Å². The zero-order valence-corrected chi connectivity index (χ0v) is 11.6. The molecule has 0 amide bonds. The van der Waals surface area contributed by atoms with Gasteiger partial charge in [0, 0.05) is 10.7 Å². The molecule has 1 aliphatic heterocycles. The molecule has 2 aromatic heterocycles. The Morgan fingerprint density at radius 1 is 1.40 bits per heavy atom. The minimum Gasteiger partial charge on any atom is -0.387 e. The summed E-state index contributed by atoms with van der Waals surface area (Å²) in [6, 6.07) is 0. The number of aliphatic hydroxyl groups excluding tert-OH is 2. The molecule has 2 aromatic rings. The first kappa shape index (κ1) is 13.4. The predicted octanol–water partition coefficient (Wildman–Crippen LogP) is -0.406. The molecule has 0 aliphatic carbocycles. The molecule has 0 spiro atoms. The van der Waals surface area contributed by atoms with Gasteiger partial charge in [-0.15, -0.1) is 0 Å². The fourth-order valence-electron chi connectivity index (χ4n) is 2.28. The number of nitrogens with zero attached hydrogens (tertiary/aromatic N) is 3. The van der Waals surface area contributed by atoms with Gasteiger partial charge in [-0.25, -0.2) is 9.97 Å². The van der Waals surface area contributed by atoms with Crippen LogP contribution in [-0.2, 0) is 9.53 Å². The van der Waals surface area contributed by atoms with Gasteiger partial charge in [0.1, 0.15) is 36.1 Å². The van der Waals surface area contributed by atoms with E-state index in [0.29, 0.717) is 21.8 Å². The summed E-state index contributed by atoms with van der Waals surface area (Å²) in [4.78, 5) is 18.8. The van der Waals surface area contributed by atoms with E-state index in [1.165, 1.54) is 10.9 Å². The largest absolute Gasteiger partial charge is 0.387 e. The summed E-state index contributed by atoms with van der Waals surface area (Å²) < 4.78 is 7.49. The van der Waals surface area contributed by atoms with Crippen LogP contribution < -0.4 is 5.73 Å². The average Bonchev–Trinajstić information content (AvgIpc) is 2.90. The number of halogens is 1. The second kappa shape index (κ2) is 4.77. The number of rotatable bonds is 2. The number of nitrogens with two attached hydrogens (primary N) is 1. The van der Waals surface area contributed by atoms with Gasteiger partial charge in [0.05, 0.1) is 5.39 Å². The van der Waals surface area contributed by atoms with Crippen LogP contribution in [0.15, 0.2) is 17.0 Å². The molecule has 0 radical (unpaired) electrons. The van der Waals surface area contributed by atoms with Crippen molar-refractivity contribution in [3.63, 3.8) is 0 Å². The van der Waals surface area contributed by atoms with Gasteiger partial charge >= 0.3 is 0 Å². The molecule has 4 unspecified atom stereocenters. The van der Waals surface area contributed by atoms with E-state index in [4.69, 9.17) is 10.5 Å². The second-order valence-corrected chi connectivity index (χ2v) is 5.30. The van der Waals surface area contributed by atoms with Gasteiger partial charge in [-0.2, -0.15) is 0 Å². The molecule has 9 heteroatoms. The normalized spacial score (nSPS) is 29.9. The van der Waals surface area contributed by atoms with E-state index < -0.39 is 24.5 Å². The highest BCUT2D eigenvalue weighted by Crippen LogP contribution is 2.35. The van der Waals surface area contributed by atoms with Crippen LogP contribution >= 0.6 is 15.9 Å². The molecule has 20 heavy (non-hydrogen) atoms. The minimum absolute atomic E-state index is 0.278. The van der Waals surface area contributed by atoms with Gasteiger partial charge in [0.15, 0.2) is 12.5 Å². The van der Waals surface area contributed by atoms with Crippen molar-refractivity contribution in [2.75, 3.05) is 5.73 Å². The Morgan fingerprint density at radius 3 is 2.80 bits per heavy atom. The molecule has 1 aliphatic rings. The quantitative estimate of drug-likeness (QED) is 0.634. The van der Waals surface area contributed by atoms with Crippen LogP contribution in [0.1, 0.15) is 6.23 Å². The molecular weight excluding hydrogens is 332 g/mol. The third kappa shape index (κ3) is 1.82. The number of fused-ring (bicyclic) bond motifs is 1. The van der Waals surface area contributed by atoms with Gasteiger partial charge in [-0.05, 0) is 15.9 Å². The Balaban J connectivity index is 2.12. The lowest BCUT2D eigenvalue weighted by Gasteiger charge is -2.17. The monoisotopic (exact) mass is 342 g/mol. The van der Waals surface area contributed by atoms with E-state index in [2.05, 4.69) is 25.9 Å². The molecule has 1 saturated heterocycles. The number of carbonyl (C=O) groups excluding carboxylic acids is 1. The number of ether oxygens (including phenoxy) is 1. The topological polar surface area (TPSA) is 123 Å². The molecule has 0 bridgehead atoms. The fraction of sp³-hybridized carbons (Fsp3) is 0.364. The molecule has 3 heterocycles. The maximum atomic E-state index is 10.8. The maximum Gasteiger partial charge on any atom is 0.165 e. The third-order valence-corrected chi connectivity index (χ3v) is 3.88. The molecule has 3 rings (SSSR count). The van der Waals surface area contributed by atoms with Crippen molar-refractivity contribution in [1.29, 1.82) is 0 Å². The molecule has 4 atom stereocenters. The second-order valence-electron chi connectivity index (χ2n) is 4.45. The Kier molecular flexibility index (Phi) is 3.21. The molecule has 0 saturated carbocycles. The van der Waals surface area contributed by atoms with Crippen molar-refractivity contribution in [1.82, 2.24) is 14.5 Å². The summed E-state index contributed by atoms with van der Waals surface area (Å²) in [5.74, 6) is 0.278. The summed E-state index contributed by atoms with van der Waals surface area (Å²) in [7, 11) is 0. The smallest absolute Gasteiger partial charge is 0.165 e. The predicted molar refractivity (Wildman–Crippen MR) is 71.6 cm³/mol. The number of aromatic nitrogens is 3. The van der Waals surface area contributed by atoms with E-state index in [1.807, 2.05) is 0 Å². The Hall–Kier alpha value is -1.55. The lowest BCUT2D eigenvalue weighted by atomic mass is 10.1. The highest BCUT2D eigenvalue weighted by atomic mass is 79.9. The summed E-state index contributed by atoms with van der Waals surface area (Å²) in [5, 5.41) is 20.3. The van der Waals surface area contributed by atoms with E-state index >= 15 is 0 Å². The van der Waals surface area contributed by atoms with Crippen molar-refractivity contribution < 1.29 is 19.7 Å². The Labute approximate surface area is 121 Å². The fourth-order valence-corrected chi connectivity index (χ4v) is 2.88. The van der Waals surface area contributed by atoms with Crippen LogP contribution in [0, 0.1) is 0 Å². The number of hydrogen-bond donors (Lipinski definition) is 3. The number of aliphatic hydroxyl groups is 2. The van der Waals surface area contributed by atoms with Crippen molar-refractivity contribution in [2.24, 2.45) is 0 Å². The zero-order chi connectivity index (χ0) is 14.4. The summed E-state index contributed by atoms with van der Waals surface area (Å²) in [6.45, 7) is 0. The van der Waals surface area contributed by atoms with E-state index in [1.54, 1.807) is 6.20 Å². The lowest BCUT2D eigenvalue weighted by Crippen LogP contribution is -2.32. The van der Waals surface area contributed by atoms with Crippen LogP contribution in [0.2, 0.25) is 0 Å². The summed E-state index contributed by atoms with van der Waals surface area (Å²) in [6.07, 6.45) is -1.18. The first-order chi connectivity index (χ1) is 9.54. The standard InChI is InChI=1S/C11H11BrN4O4/c12-4-1-16(10-6(4)9(13)14-3-15-10)11-8(19)7(18)5(2-17)20-11/h1-3,5,7-8,11,18-19H,(H2,13,14,15). The summed E-state index contributed by atoms with van der Waals surface area (Å²) in [5.41, 5.74) is 6.22. The van der Waals surface area contributed by atoms with Crippen LogP contribution in [0.4, 0.5) is 5.82 Å². The Morgan fingerprint density at radius 2 is 2.15 bits per heavy atom. The van der Waals surface area contributed by atoms with Crippen molar-refractivity contribution in [3.8, 4) is 0 Å².